The minimum absolute atomic E-state index is 0.0727. The van der Waals surface area contributed by atoms with Gasteiger partial charge < -0.3 is 10.5 Å². The van der Waals surface area contributed by atoms with Crippen molar-refractivity contribution in [2.24, 2.45) is 5.73 Å². The minimum Gasteiger partial charge on any atom is -0.474 e. The quantitative estimate of drug-likeness (QED) is 0.866. The van der Waals surface area contributed by atoms with Crippen LogP contribution in [0.2, 0.25) is 10.0 Å². The van der Waals surface area contributed by atoms with E-state index in [1.54, 1.807) is 0 Å². The van der Waals surface area contributed by atoms with Crippen molar-refractivity contribution < 1.29 is 22.7 Å². The van der Waals surface area contributed by atoms with Crippen molar-refractivity contribution in [1.82, 2.24) is 0 Å². The molecule has 1 aliphatic rings. The van der Waals surface area contributed by atoms with Crippen molar-refractivity contribution in [1.29, 1.82) is 0 Å². The summed E-state index contributed by atoms with van der Waals surface area (Å²) >= 11 is 11.5. The summed E-state index contributed by atoms with van der Waals surface area (Å²) in [7, 11) is 0. The predicted octanol–water partition coefficient (Wildman–Crippen LogP) is 3.19. The molecular weight excluding hydrogens is 306 g/mol. The Labute approximate surface area is 115 Å². The third kappa shape index (κ3) is 2.64. The average Bonchev–Trinajstić information content (AvgIpc) is 2.25. The van der Waals surface area contributed by atoms with Gasteiger partial charge >= 0.3 is 6.18 Å². The second kappa shape index (κ2) is 4.61. The largest absolute Gasteiger partial charge is 0.474 e. The van der Waals surface area contributed by atoms with Crippen LogP contribution < -0.4 is 10.5 Å². The van der Waals surface area contributed by atoms with Gasteiger partial charge in [-0.15, -0.1) is 0 Å². The van der Waals surface area contributed by atoms with E-state index in [1.807, 2.05) is 0 Å². The highest BCUT2D eigenvalue weighted by Gasteiger charge is 2.48. The molecule has 1 atom stereocenters. The average molecular weight is 312 g/mol. The Morgan fingerprint density at radius 3 is 2.47 bits per heavy atom. The van der Waals surface area contributed by atoms with Crippen LogP contribution in [0, 0.1) is 0 Å². The van der Waals surface area contributed by atoms with E-state index in [0.29, 0.717) is 0 Å². The molecule has 1 unspecified atom stereocenters. The number of hydrogen-bond donors (Lipinski definition) is 1. The van der Waals surface area contributed by atoms with Gasteiger partial charge in [0.1, 0.15) is 5.75 Å². The summed E-state index contributed by atoms with van der Waals surface area (Å²) < 4.78 is 43.2. The van der Waals surface area contributed by atoms with Crippen LogP contribution in [0.25, 0.3) is 6.08 Å². The molecule has 0 bridgehead atoms. The first-order valence-corrected chi connectivity index (χ1v) is 5.69. The van der Waals surface area contributed by atoms with Crippen LogP contribution in [0.5, 0.6) is 5.75 Å². The maximum atomic E-state index is 12.8. The Balaban J connectivity index is 2.61. The van der Waals surface area contributed by atoms with Crippen LogP contribution >= 0.6 is 23.2 Å². The topological polar surface area (TPSA) is 52.3 Å². The fourth-order valence-electron chi connectivity index (χ4n) is 1.68. The number of fused-ring (bicyclic) bond motifs is 1. The molecular formula is C11H6Cl2F3NO2. The lowest BCUT2D eigenvalue weighted by atomic mass is 10.0. The number of carbonyl (C=O) groups excluding carboxylic acids is 1. The van der Waals surface area contributed by atoms with E-state index in [1.165, 1.54) is 12.1 Å². The number of nitrogens with two attached hydrogens (primary N) is 1. The standard InChI is InChI=1S/C11H6Cl2F3NO2/c12-5-1-4-2-6(10(17)18)9(11(14,15)16)19-8(4)7(13)3-5/h1-3,9H,(H2,17,18). The van der Waals surface area contributed by atoms with Gasteiger partial charge in [0.15, 0.2) is 0 Å². The monoisotopic (exact) mass is 311 g/mol. The molecule has 0 aliphatic carbocycles. The summed E-state index contributed by atoms with van der Waals surface area (Å²) in [6.45, 7) is 0. The lowest BCUT2D eigenvalue weighted by Gasteiger charge is -2.28. The second-order valence-corrected chi connectivity index (χ2v) is 4.65. The molecule has 8 heteroatoms. The zero-order valence-electron chi connectivity index (χ0n) is 9.09. The number of benzene rings is 1. The number of rotatable bonds is 1. The number of ether oxygens (including phenoxy) is 1. The van der Waals surface area contributed by atoms with Crippen molar-refractivity contribution in [3.63, 3.8) is 0 Å². The van der Waals surface area contributed by atoms with E-state index >= 15 is 0 Å². The van der Waals surface area contributed by atoms with Crippen molar-refractivity contribution >= 4 is 35.2 Å². The van der Waals surface area contributed by atoms with Crippen molar-refractivity contribution in [2.45, 2.75) is 12.3 Å². The van der Waals surface area contributed by atoms with E-state index in [9.17, 15) is 18.0 Å². The van der Waals surface area contributed by atoms with Gasteiger partial charge in [-0.05, 0) is 18.2 Å². The number of hydrogen-bond acceptors (Lipinski definition) is 2. The molecule has 1 heterocycles. The van der Waals surface area contributed by atoms with Gasteiger partial charge in [-0.1, -0.05) is 23.2 Å². The van der Waals surface area contributed by atoms with E-state index in [4.69, 9.17) is 33.7 Å². The van der Waals surface area contributed by atoms with Gasteiger partial charge in [-0.3, -0.25) is 4.79 Å². The molecule has 1 amide bonds. The molecule has 2 N–H and O–H groups in total. The maximum Gasteiger partial charge on any atom is 0.429 e. The van der Waals surface area contributed by atoms with E-state index in [-0.39, 0.29) is 21.4 Å². The lowest BCUT2D eigenvalue weighted by Crippen LogP contribution is -2.42. The number of primary amides is 1. The Bertz CT molecular complexity index is 584. The Morgan fingerprint density at radius 1 is 1.32 bits per heavy atom. The smallest absolute Gasteiger partial charge is 0.429 e. The molecule has 0 spiro atoms. The van der Waals surface area contributed by atoms with Crippen molar-refractivity contribution in [3.05, 3.63) is 33.3 Å². The fourth-order valence-corrected chi connectivity index (χ4v) is 2.23. The summed E-state index contributed by atoms with van der Waals surface area (Å²) in [6.07, 6.45) is -6.23. The van der Waals surface area contributed by atoms with Crippen LogP contribution in [0.3, 0.4) is 0 Å². The molecule has 3 nitrogen and oxygen atoms in total. The lowest BCUT2D eigenvalue weighted by molar-refractivity contribution is -0.185. The number of carbonyl (C=O) groups is 1. The molecule has 1 aromatic rings. The van der Waals surface area contributed by atoms with Gasteiger partial charge in [-0.25, -0.2) is 0 Å². The maximum absolute atomic E-state index is 12.8. The molecule has 0 radical (unpaired) electrons. The van der Waals surface area contributed by atoms with Gasteiger partial charge in [0.25, 0.3) is 0 Å². The first kappa shape index (κ1) is 14.0. The SMILES string of the molecule is NC(=O)C1=Cc2cc(Cl)cc(Cl)c2OC1C(F)(F)F. The zero-order chi connectivity index (χ0) is 14.4. The zero-order valence-corrected chi connectivity index (χ0v) is 10.6. The van der Waals surface area contributed by atoms with Gasteiger partial charge in [0.05, 0.1) is 10.6 Å². The van der Waals surface area contributed by atoms with E-state index in [0.717, 1.165) is 6.08 Å². The summed E-state index contributed by atoms with van der Waals surface area (Å²) in [5.41, 5.74) is 4.41. The number of alkyl halides is 3. The van der Waals surface area contributed by atoms with Gasteiger partial charge in [0, 0.05) is 10.6 Å². The first-order chi connectivity index (χ1) is 8.70. The highest BCUT2D eigenvalue weighted by molar-refractivity contribution is 6.36. The van der Waals surface area contributed by atoms with E-state index in [2.05, 4.69) is 0 Å². The Kier molecular flexibility index (Phi) is 3.40. The molecule has 19 heavy (non-hydrogen) atoms. The fraction of sp³-hybridized carbons (Fsp3) is 0.182. The molecule has 1 aliphatic heterocycles. The Morgan fingerprint density at radius 2 is 1.95 bits per heavy atom. The molecule has 0 saturated heterocycles. The summed E-state index contributed by atoms with van der Waals surface area (Å²) in [5.74, 6) is -1.40. The van der Waals surface area contributed by atoms with Crippen LogP contribution in [-0.4, -0.2) is 18.2 Å². The normalized spacial score (nSPS) is 18.4. The Hall–Kier alpha value is -1.40. The predicted molar refractivity (Wildman–Crippen MR) is 64.1 cm³/mol. The minimum atomic E-state index is -4.78. The number of amides is 1. The third-order valence-electron chi connectivity index (χ3n) is 2.45. The van der Waals surface area contributed by atoms with E-state index < -0.39 is 23.8 Å². The van der Waals surface area contributed by atoms with Gasteiger partial charge in [-0.2, -0.15) is 13.2 Å². The van der Waals surface area contributed by atoms with Crippen LogP contribution in [-0.2, 0) is 4.79 Å². The van der Waals surface area contributed by atoms with Crippen LogP contribution in [0.4, 0.5) is 13.2 Å². The summed E-state index contributed by atoms with van der Waals surface area (Å²) in [6, 6.07) is 2.58. The third-order valence-corrected chi connectivity index (χ3v) is 2.95. The molecule has 1 aromatic carbocycles. The summed E-state index contributed by atoms with van der Waals surface area (Å²) in [4.78, 5) is 11.1. The molecule has 102 valence electrons. The second-order valence-electron chi connectivity index (χ2n) is 3.81. The van der Waals surface area contributed by atoms with Crippen LogP contribution in [0.1, 0.15) is 5.56 Å². The molecule has 0 saturated carbocycles. The highest BCUT2D eigenvalue weighted by Crippen LogP contribution is 2.42. The highest BCUT2D eigenvalue weighted by atomic mass is 35.5. The van der Waals surface area contributed by atoms with Crippen molar-refractivity contribution in [2.75, 3.05) is 0 Å². The molecule has 0 fully saturated rings. The summed E-state index contributed by atoms with van der Waals surface area (Å²) in [5, 5.41) is 0.134. The first-order valence-electron chi connectivity index (χ1n) is 4.94. The van der Waals surface area contributed by atoms with Crippen molar-refractivity contribution in [3.8, 4) is 5.75 Å². The molecule has 2 rings (SSSR count). The van der Waals surface area contributed by atoms with Gasteiger partial charge in [0.2, 0.25) is 12.0 Å². The van der Waals surface area contributed by atoms with Crippen LogP contribution in [0.15, 0.2) is 17.7 Å². The number of halogens is 5. The molecule has 0 aromatic heterocycles.